The number of aromatic nitrogens is 1. The summed E-state index contributed by atoms with van der Waals surface area (Å²) in [4.78, 5) is 4.26. The fraction of sp³-hybridized carbons (Fsp3) is 0.469. The van der Waals surface area contributed by atoms with Crippen LogP contribution in [0.4, 0.5) is 4.39 Å². The van der Waals surface area contributed by atoms with Gasteiger partial charge in [0.1, 0.15) is 0 Å². The van der Waals surface area contributed by atoms with E-state index in [4.69, 9.17) is 0 Å². The Kier molecular flexibility index (Phi) is 11.3. The van der Waals surface area contributed by atoms with Crippen LogP contribution >= 0.6 is 0 Å². The minimum atomic E-state index is -0.360. The van der Waals surface area contributed by atoms with E-state index in [1.165, 1.54) is 75.3 Å². The second kappa shape index (κ2) is 14.7. The Morgan fingerprint density at radius 2 is 1.03 bits per heavy atom. The zero-order valence-electron chi connectivity index (χ0n) is 21.3. The molecule has 0 unspecified atom stereocenters. The average Bonchev–Trinajstić information content (AvgIpc) is 2.86. The Balaban J connectivity index is 1.51. The van der Waals surface area contributed by atoms with Crippen LogP contribution in [0.25, 0.3) is 22.3 Å². The van der Waals surface area contributed by atoms with Crippen molar-refractivity contribution in [3.63, 3.8) is 0 Å². The Hall–Kier alpha value is -2.48. The molecule has 0 saturated heterocycles. The van der Waals surface area contributed by atoms with Crippen LogP contribution in [0.2, 0.25) is 0 Å². The fourth-order valence-corrected chi connectivity index (χ4v) is 4.55. The highest BCUT2D eigenvalue weighted by Crippen LogP contribution is 2.27. The lowest BCUT2D eigenvalue weighted by atomic mass is 9.99. The van der Waals surface area contributed by atoms with Gasteiger partial charge in [0.05, 0.1) is 0 Å². The van der Waals surface area contributed by atoms with E-state index in [0.29, 0.717) is 5.56 Å². The normalized spacial score (nSPS) is 11.1. The third-order valence-corrected chi connectivity index (χ3v) is 6.75. The molecule has 3 rings (SSSR count). The predicted octanol–water partition coefficient (Wildman–Crippen LogP) is 9.97. The molecular formula is C32H42FN. The van der Waals surface area contributed by atoms with Crippen molar-refractivity contribution in [2.75, 3.05) is 0 Å². The summed E-state index contributed by atoms with van der Waals surface area (Å²) in [6, 6.07) is 20.9. The number of aryl methyl sites for hydroxylation is 2. The summed E-state index contributed by atoms with van der Waals surface area (Å²) in [5.41, 5.74) is 6.08. The lowest BCUT2D eigenvalue weighted by Gasteiger charge is -2.08. The van der Waals surface area contributed by atoms with E-state index in [9.17, 15) is 4.39 Å². The molecule has 0 saturated carbocycles. The minimum absolute atomic E-state index is 0.360. The summed E-state index contributed by atoms with van der Waals surface area (Å²) in [5, 5.41) is 0. The zero-order valence-corrected chi connectivity index (χ0v) is 21.3. The topological polar surface area (TPSA) is 12.9 Å². The maximum absolute atomic E-state index is 14.8. The smallest absolute Gasteiger partial charge is 0.220 e. The van der Waals surface area contributed by atoms with Crippen molar-refractivity contribution < 1.29 is 4.39 Å². The third kappa shape index (κ3) is 8.38. The summed E-state index contributed by atoms with van der Waals surface area (Å²) in [5.74, 6) is -0.360. The summed E-state index contributed by atoms with van der Waals surface area (Å²) in [7, 11) is 0. The molecule has 1 aromatic heterocycles. The first-order valence-corrected chi connectivity index (χ1v) is 13.6. The van der Waals surface area contributed by atoms with Crippen LogP contribution in [0.1, 0.15) is 95.7 Å². The highest BCUT2D eigenvalue weighted by molar-refractivity contribution is 5.70. The van der Waals surface area contributed by atoms with Crippen molar-refractivity contribution in [3.05, 3.63) is 77.9 Å². The van der Waals surface area contributed by atoms with Crippen molar-refractivity contribution in [2.45, 2.75) is 97.3 Å². The molecular weight excluding hydrogens is 417 g/mol. The van der Waals surface area contributed by atoms with Gasteiger partial charge >= 0.3 is 0 Å². The highest BCUT2D eigenvalue weighted by Gasteiger charge is 2.09. The fourth-order valence-electron chi connectivity index (χ4n) is 4.55. The number of pyridine rings is 1. The number of unbranched alkanes of at least 4 members (excludes halogenated alkanes) is 9. The summed E-state index contributed by atoms with van der Waals surface area (Å²) in [6.07, 6.45) is 16.0. The van der Waals surface area contributed by atoms with Gasteiger partial charge in [-0.15, -0.1) is 0 Å². The minimum Gasteiger partial charge on any atom is -0.224 e. The van der Waals surface area contributed by atoms with E-state index in [0.717, 1.165) is 36.1 Å². The number of benzene rings is 2. The van der Waals surface area contributed by atoms with E-state index < -0.39 is 0 Å². The molecule has 0 N–H and O–H groups in total. The van der Waals surface area contributed by atoms with Crippen LogP contribution in [0.15, 0.2) is 60.7 Å². The van der Waals surface area contributed by atoms with Crippen LogP contribution in [-0.4, -0.2) is 4.98 Å². The van der Waals surface area contributed by atoms with Gasteiger partial charge in [0.15, 0.2) is 0 Å². The molecule has 0 fully saturated rings. The maximum atomic E-state index is 14.8. The molecule has 0 aliphatic rings. The van der Waals surface area contributed by atoms with Gasteiger partial charge in [-0.25, -0.2) is 4.98 Å². The van der Waals surface area contributed by atoms with Gasteiger partial charge in [0.25, 0.3) is 0 Å². The van der Waals surface area contributed by atoms with Crippen molar-refractivity contribution in [2.24, 2.45) is 0 Å². The van der Waals surface area contributed by atoms with E-state index in [2.05, 4.69) is 55.2 Å². The van der Waals surface area contributed by atoms with Crippen molar-refractivity contribution >= 4 is 0 Å². The van der Waals surface area contributed by atoms with Gasteiger partial charge in [0, 0.05) is 11.3 Å². The van der Waals surface area contributed by atoms with Crippen LogP contribution in [0, 0.1) is 5.95 Å². The molecule has 1 heterocycles. The van der Waals surface area contributed by atoms with Crippen molar-refractivity contribution in [3.8, 4) is 22.3 Å². The lowest BCUT2D eigenvalue weighted by Crippen LogP contribution is -1.96. The molecule has 0 radical (unpaired) electrons. The van der Waals surface area contributed by atoms with Crippen LogP contribution in [0.5, 0.6) is 0 Å². The first-order chi connectivity index (χ1) is 16.7. The Bertz CT molecular complexity index is 959. The van der Waals surface area contributed by atoms with Gasteiger partial charge in [-0.2, -0.15) is 4.39 Å². The number of hydrogen-bond acceptors (Lipinski definition) is 1. The SMILES string of the molecule is CCCCCCCCCCc1ccc(-c2ccc(-c3ccc(CCCCC)cc3)cc2)c(F)n1. The summed E-state index contributed by atoms with van der Waals surface area (Å²) >= 11 is 0. The predicted molar refractivity (Wildman–Crippen MR) is 145 cm³/mol. The van der Waals surface area contributed by atoms with Gasteiger partial charge in [0.2, 0.25) is 5.95 Å². The number of hydrogen-bond donors (Lipinski definition) is 0. The van der Waals surface area contributed by atoms with Crippen LogP contribution in [0.3, 0.4) is 0 Å². The molecule has 1 nitrogen and oxygen atoms in total. The average molecular weight is 460 g/mol. The molecule has 0 amide bonds. The molecule has 2 heteroatoms. The number of halogens is 1. The molecule has 34 heavy (non-hydrogen) atoms. The van der Waals surface area contributed by atoms with Crippen molar-refractivity contribution in [1.82, 2.24) is 4.98 Å². The monoisotopic (exact) mass is 459 g/mol. The van der Waals surface area contributed by atoms with E-state index >= 15 is 0 Å². The standard InChI is InChI=1S/C32H42FN/c1-3-5-7-8-9-10-11-13-15-30-24-25-31(32(33)34-30)29-22-20-28(21-23-29)27-18-16-26(17-19-27)14-12-6-4-2/h16-25H,3-15H2,1-2H3. The third-order valence-electron chi connectivity index (χ3n) is 6.75. The molecule has 2 aromatic carbocycles. The quantitative estimate of drug-likeness (QED) is 0.163. The molecule has 3 aromatic rings. The zero-order chi connectivity index (χ0) is 24.0. The number of nitrogens with zero attached hydrogens (tertiary/aromatic N) is 1. The van der Waals surface area contributed by atoms with E-state index in [-0.39, 0.29) is 5.95 Å². The molecule has 0 spiro atoms. The lowest BCUT2D eigenvalue weighted by molar-refractivity contribution is 0.561. The highest BCUT2D eigenvalue weighted by atomic mass is 19.1. The largest absolute Gasteiger partial charge is 0.224 e. The van der Waals surface area contributed by atoms with E-state index in [1.54, 1.807) is 0 Å². The molecule has 0 bridgehead atoms. The van der Waals surface area contributed by atoms with Crippen molar-refractivity contribution in [1.29, 1.82) is 0 Å². The van der Waals surface area contributed by atoms with Crippen LogP contribution in [-0.2, 0) is 12.8 Å². The summed E-state index contributed by atoms with van der Waals surface area (Å²) in [6.45, 7) is 4.49. The molecule has 0 atom stereocenters. The second-order valence-electron chi connectivity index (χ2n) is 9.60. The second-order valence-corrected chi connectivity index (χ2v) is 9.60. The maximum Gasteiger partial charge on any atom is 0.220 e. The number of rotatable bonds is 15. The Morgan fingerprint density at radius 1 is 0.529 bits per heavy atom. The molecule has 182 valence electrons. The summed E-state index contributed by atoms with van der Waals surface area (Å²) < 4.78 is 14.8. The Morgan fingerprint density at radius 3 is 1.65 bits per heavy atom. The van der Waals surface area contributed by atoms with Gasteiger partial charge in [-0.05, 0) is 60.1 Å². The Labute approximate surface area is 206 Å². The van der Waals surface area contributed by atoms with Crippen LogP contribution < -0.4 is 0 Å². The molecule has 0 aliphatic carbocycles. The first-order valence-electron chi connectivity index (χ1n) is 13.6. The van der Waals surface area contributed by atoms with E-state index in [1.807, 2.05) is 24.3 Å². The molecule has 0 aliphatic heterocycles. The first kappa shape index (κ1) is 26.1. The van der Waals surface area contributed by atoms with Gasteiger partial charge in [-0.3, -0.25) is 0 Å². The van der Waals surface area contributed by atoms with Gasteiger partial charge < -0.3 is 0 Å². The van der Waals surface area contributed by atoms with Gasteiger partial charge in [-0.1, -0.05) is 120 Å².